The summed E-state index contributed by atoms with van der Waals surface area (Å²) < 4.78 is 5.29. The van der Waals surface area contributed by atoms with Crippen molar-refractivity contribution < 1.29 is 9.53 Å². The van der Waals surface area contributed by atoms with E-state index in [-0.39, 0.29) is 18.0 Å². The average Bonchev–Trinajstić information content (AvgIpc) is 3.21. The number of hydrogen-bond donors (Lipinski definition) is 3. The van der Waals surface area contributed by atoms with E-state index in [2.05, 4.69) is 38.0 Å². The molecule has 3 N–H and O–H groups in total. The summed E-state index contributed by atoms with van der Waals surface area (Å²) in [5.41, 5.74) is 1.27. The maximum absolute atomic E-state index is 11.8. The van der Waals surface area contributed by atoms with Crippen molar-refractivity contribution >= 4 is 11.9 Å². The molecule has 0 aliphatic carbocycles. The molecule has 28 heavy (non-hydrogen) atoms. The highest BCUT2D eigenvalue weighted by atomic mass is 16.5. The highest BCUT2D eigenvalue weighted by Gasteiger charge is 2.23. The van der Waals surface area contributed by atoms with Crippen LogP contribution in [-0.2, 0) is 4.79 Å². The number of amides is 1. The van der Waals surface area contributed by atoms with Crippen LogP contribution in [0.5, 0.6) is 5.75 Å². The number of ether oxygens (including phenoxy) is 1. The van der Waals surface area contributed by atoms with Crippen molar-refractivity contribution in [2.24, 2.45) is 4.99 Å². The van der Waals surface area contributed by atoms with Crippen LogP contribution >= 0.6 is 0 Å². The maximum atomic E-state index is 11.8. The molecule has 1 aromatic carbocycles. The zero-order valence-corrected chi connectivity index (χ0v) is 17.6. The van der Waals surface area contributed by atoms with Crippen LogP contribution in [0.1, 0.15) is 44.7 Å². The first-order valence-electron chi connectivity index (χ1n) is 10.2. The Bertz CT molecular complexity index is 624. The Labute approximate surface area is 168 Å². The minimum Gasteiger partial charge on any atom is -0.497 e. The summed E-state index contributed by atoms with van der Waals surface area (Å²) >= 11 is 0. The molecule has 7 heteroatoms. The summed E-state index contributed by atoms with van der Waals surface area (Å²) in [7, 11) is 3.44. The summed E-state index contributed by atoms with van der Waals surface area (Å²) in [6.45, 7) is 7.45. The molecule has 1 aliphatic rings. The summed E-state index contributed by atoms with van der Waals surface area (Å²) in [6, 6.07) is 8.73. The van der Waals surface area contributed by atoms with Gasteiger partial charge in [-0.05, 0) is 57.5 Å². The fourth-order valence-corrected chi connectivity index (χ4v) is 3.44. The van der Waals surface area contributed by atoms with E-state index in [0.29, 0.717) is 13.0 Å². The molecular formula is C21H35N5O2. The van der Waals surface area contributed by atoms with Gasteiger partial charge in [0.25, 0.3) is 0 Å². The lowest BCUT2D eigenvalue weighted by atomic mass is 10.1. The minimum absolute atomic E-state index is 0.0473. The topological polar surface area (TPSA) is 78.0 Å². The number of hydrogen-bond acceptors (Lipinski definition) is 4. The second-order valence-corrected chi connectivity index (χ2v) is 7.38. The van der Waals surface area contributed by atoms with E-state index >= 15 is 0 Å². The van der Waals surface area contributed by atoms with Gasteiger partial charge in [-0.15, -0.1) is 0 Å². The van der Waals surface area contributed by atoms with Gasteiger partial charge < -0.3 is 20.7 Å². The summed E-state index contributed by atoms with van der Waals surface area (Å²) in [5.74, 6) is 1.63. The zero-order chi connectivity index (χ0) is 20.4. The third-order valence-electron chi connectivity index (χ3n) is 4.86. The number of guanidine groups is 1. The SMILES string of the molecule is CN=C(NCCC(=O)NC(C)C)NCC(c1ccc(OC)cc1)N1CCCC1. The van der Waals surface area contributed by atoms with Gasteiger partial charge in [0.15, 0.2) is 5.96 Å². The summed E-state index contributed by atoms with van der Waals surface area (Å²) in [6.07, 6.45) is 2.90. The Hall–Kier alpha value is -2.28. The van der Waals surface area contributed by atoms with Crippen LogP contribution in [0.15, 0.2) is 29.3 Å². The second-order valence-electron chi connectivity index (χ2n) is 7.38. The quantitative estimate of drug-likeness (QED) is 0.444. The third kappa shape index (κ3) is 7.03. The Morgan fingerprint density at radius 3 is 2.43 bits per heavy atom. The van der Waals surface area contributed by atoms with E-state index in [1.807, 2.05) is 26.0 Å². The molecule has 2 rings (SSSR count). The van der Waals surface area contributed by atoms with Gasteiger partial charge in [0, 0.05) is 32.6 Å². The number of rotatable bonds is 9. The van der Waals surface area contributed by atoms with Gasteiger partial charge in [0.2, 0.25) is 5.91 Å². The number of methoxy groups -OCH3 is 1. The smallest absolute Gasteiger partial charge is 0.221 e. The lowest BCUT2D eigenvalue weighted by molar-refractivity contribution is -0.121. The van der Waals surface area contributed by atoms with Crippen LogP contribution < -0.4 is 20.7 Å². The number of carbonyl (C=O) groups excluding carboxylic acids is 1. The van der Waals surface area contributed by atoms with Crippen LogP contribution in [0.25, 0.3) is 0 Å². The molecule has 1 amide bonds. The molecule has 0 saturated carbocycles. The molecule has 7 nitrogen and oxygen atoms in total. The predicted molar refractivity (Wildman–Crippen MR) is 114 cm³/mol. The fraction of sp³-hybridized carbons (Fsp3) is 0.619. The zero-order valence-electron chi connectivity index (χ0n) is 17.6. The molecule has 1 fully saturated rings. The van der Waals surface area contributed by atoms with Crippen molar-refractivity contribution in [3.05, 3.63) is 29.8 Å². The first-order chi connectivity index (χ1) is 13.5. The van der Waals surface area contributed by atoms with Crippen molar-refractivity contribution in [2.75, 3.05) is 40.3 Å². The van der Waals surface area contributed by atoms with Gasteiger partial charge in [0.05, 0.1) is 13.2 Å². The Morgan fingerprint density at radius 1 is 1.18 bits per heavy atom. The highest BCUT2D eigenvalue weighted by Crippen LogP contribution is 2.26. The first-order valence-corrected chi connectivity index (χ1v) is 10.2. The van der Waals surface area contributed by atoms with E-state index < -0.39 is 0 Å². The van der Waals surface area contributed by atoms with Gasteiger partial charge >= 0.3 is 0 Å². The second kappa shape index (κ2) is 11.5. The van der Waals surface area contributed by atoms with E-state index in [0.717, 1.165) is 31.3 Å². The number of nitrogens with one attached hydrogen (secondary N) is 3. The van der Waals surface area contributed by atoms with Crippen molar-refractivity contribution in [1.82, 2.24) is 20.9 Å². The molecule has 1 aliphatic heterocycles. The molecule has 0 spiro atoms. The van der Waals surface area contributed by atoms with Gasteiger partial charge in [-0.1, -0.05) is 12.1 Å². The summed E-state index contributed by atoms with van der Waals surface area (Å²) in [4.78, 5) is 18.6. The molecule has 1 saturated heterocycles. The Kier molecular flexibility index (Phi) is 9.07. The minimum atomic E-state index is 0.0473. The molecule has 1 heterocycles. The number of aliphatic imine (C=N–C) groups is 1. The lowest BCUT2D eigenvalue weighted by Crippen LogP contribution is -2.43. The number of benzene rings is 1. The van der Waals surface area contributed by atoms with E-state index in [1.165, 1.54) is 18.4 Å². The number of nitrogens with zero attached hydrogens (tertiary/aromatic N) is 2. The Morgan fingerprint density at radius 2 is 1.86 bits per heavy atom. The van der Waals surface area contributed by atoms with Crippen molar-refractivity contribution in [3.63, 3.8) is 0 Å². The number of carbonyl (C=O) groups is 1. The predicted octanol–water partition coefficient (Wildman–Crippen LogP) is 1.91. The van der Waals surface area contributed by atoms with Crippen LogP contribution in [0.4, 0.5) is 0 Å². The molecule has 1 aromatic rings. The van der Waals surface area contributed by atoms with E-state index in [4.69, 9.17) is 4.74 Å². The molecule has 1 atom stereocenters. The largest absolute Gasteiger partial charge is 0.497 e. The van der Waals surface area contributed by atoms with Gasteiger partial charge in [-0.25, -0.2) is 0 Å². The molecule has 0 aromatic heterocycles. The standard InChI is InChI=1S/C21H35N5O2/c1-16(2)25-20(27)11-12-23-21(22-3)24-15-19(26-13-5-6-14-26)17-7-9-18(28-4)10-8-17/h7-10,16,19H,5-6,11-15H2,1-4H3,(H,25,27)(H2,22,23,24). The van der Waals surface area contributed by atoms with E-state index in [9.17, 15) is 4.79 Å². The molecule has 0 radical (unpaired) electrons. The van der Waals surface area contributed by atoms with Gasteiger partial charge in [0.1, 0.15) is 5.75 Å². The molecule has 1 unspecified atom stereocenters. The van der Waals surface area contributed by atoms with Crippen LogP contribution in [0.3, 0.4) is 0 Å². The van der Waals surface area contributed by atoms with Crippen molar-refractivity contribution in [2.45, 2.75) is 45.2 Å². The van der Waals surface area contributed by atoms with Gasteiger partial charge in [-0.2, -0.15) is 0 Å². The number of likely N-dealkylation sites (tertiary alicyclic amines) is 1. The summed E-state index contributed by atoms with van der Waals surface area (Å²) in [5, 5.41) is 9.55. The monoisotopic (exact) mass is 389 g/mol. The first kappa shape index (κ1) is 22.0. The maximum Gasteiger partial charge on any atom is 0.221 e. The fourth-order valence-electron chi connectivity index (χ4n) is 3.44. The van der Waals surface area contributed by atoms with Crippen molar-refractivity contribution in [3.8, 4) is 5.75 Å². The van der Waals surface area contributed by atoms with Crippen LogP contribution in [0, 0.1) is 0 Å². The highest BCUT2D eigenvalue weighted by molar-refractivity contribution is 5.81. The molecule has 156 valence electrons. The third-order valence-corrected chi connectivity index (χ3v) is 4.86. The van der Waals surface area contributed by atoms with Crippen LogP contribution in [-0.4, -0.2) is 63.1 Å². The molecule has 0 bridgehead atoms. The Balaban J connectivity index is 1.90. The lowest BCUT2D eigenvalue weighted by Gasteiger charge is -2.29. The average molecular weight is 390 g/mol. The van der Waals surface area contributed by atoms with Gasteiger partial charge in [-0.3, -0.25) is 14.7 Å². The molecular weight excluding hydrogens is 354 g/mol. The van der Waals surface area contributed by atoms with E-state index in [1.54, 1.807) is 14.2 Å². The van der Waals surface area contributed by atoms with Crippen molar-refractivity contribution in [1.29, 1.82) is 0 Å². The van der Waals surface area contributed by atoms with Crippen LogP contribution in [0.2, 0.25) is 0 Å². The normalized spacial score (nSPS) is 16.1.